The first-order valence-corrected chi connectivity index (χ1v) is 9.23. The van der Waals surface area contributed by atoms with Gasteiger partial charge in [-0.05, 0) is 45.2 Å². The minimum atomic E-state index is -0.439. The Balaban J connectivity index is 2.05. The van der Waals surface area contributed by atoms with Gasteiger partial charge in [0.1, 0.15) is 6.61 Å². The van der Waals surface area contributed by atoms with Crippen LogP contribution in [-0.4, -0.2) is 16.4 Å². The molecule has 0 spiro atoms. The first kappa shape index (κ1) is 20.5. The van der Waals surface area contributed by atoms with Gasteiger partial charge in [-0.15, -0.1) is 0 Å². The van der Waals surface area contributed by atoms with Crippen LogP contribution in [0.5, 0.6) is 5.75 Å². The number of benzene rings is 1. The monoisotopic (exact) mass is 378 g/mol. The van der Waals surface area contributed by atoms with Crippen molar-refractivity contribution in [3.8, 4) is 5.75 Å². The van der Waals surface area contributed by atoms with Crippen LogP contribution >= 0.6 is 11.6 Å². The molecule has 0 bridgehead atoms. The molecule has 2 rings (SSSR count). The molecular formula is C20H27ClN2O3. The molecule has 1 unspecified atom stereocenters. The first-order valence-electron chi connectivity index (χ1n) is 8.85. The average Bonchev–Trinajstić information content (AvgIpc) is 2.60. The predicted molar refractivity (Wildman–Crippen MR) is 104 cm³/mol. The van der Waals surface area contributed by atoms with Crippen molar-refractivity contribution in [2.75, 3.05) is 6.61 Å². The van der Waals surface area contributed by atoms with E-state index < -0.39 is 5.54 Å². The number of nitrogens with zero attached hydrogens (tertiary/aromatic N) is 2. The van der Waals surface area contributed by atoms with Crippen LogP contribution in [0.2, 0.25) is 5.02 Å². The quantitative estimate of drug-likeness (QED) is 0.699. The fraction of sp³-hybridized carbons (Fsp3) is 0.500. The lowest BCUT2D eigenvalue weighted by atomic mass is 10.1. The zero-order chi connectivity index (χ0) is 19.3. The van der Waals surface area contributed by atoms with E-state index in [1.807, 2.05) is 52.0 Å². The highest BCUT2D eigenvalue weighted by atomic mass is 35.5. The molecule has 1 atom stereocenters. The fourth-order valence-electron chi connectivity index (χ4n) is 2.43. The molecule has 1 aromatic carbocycles. The SMILES string of the molecule is CCCOC(C)c1ccc(COc2cnn(C(C)(C)C)c(=O)c2Cl)cc1. The molecule has 0 aliphatic rings. The van der Waals surface area contributed by atoms with Crippen molar-refractivity contribution in [3.63, 3.8) is 0 Å². The third-order valence-corrected chi connectivity index (χ3v) is 4.29. The van der Waals surface area contributed by atoms with Gasteiger partial charge < -0.3 is 9.47 Å². The summed E-state index contributed by atoms with van der Waals surface area (Å²) in [7, 11) is 0. The molecule has 0 fully saturated rings. The predicted octanol–water partition coefficient (Wildman–Crippen LogP) is 4.72. The van der Waals surface area contributed by atoms with Crippen LogP contribution in [0.3, 0.4) is 0 Å². The van der Waals surface area contributed by atoms with E-state index >= 15 is 0 Å². The Morgan fingerprint density at radius 2 is 1.88 bits per heavy atom. The lowest BCUT2D eigenvalue weighted by Gasteiger charge is -2.21. The zero-order valence-corrected chi connectivity index (χ0v) is 16.8. The van der Waals surface area contributed by atoms with E-state index in [0.717, 1.165) is 24.2 Å². The van der Waals surface area contributed by atoms with Crippen molar-refractivity contribution in [1.82, 2.24) is 9.78 Å². The molecule has 0 saturated heterocycles. The molecule has 0 saturated carbocycles. The maximum absolute atomic E-state index is 12.3. The van der Waals surface area contributed by atoms with E-state index in [2.05, 4.69) is 12.0 Å². The van der Waals surface area contributed by atoms with Gasteiger partial charge in [0.05, 0.1) is 17.8 Å². The van der Waals surface area contributed by atoms with Crippen LogP contribution in [0.1, 0.15) is 58.3 Å². The van der Waals surface area contributed by atoms with Crippen LogP contribution < -0.4 is 10.3 Å². The van der Waals surface area contributed by atoms with E-state index in [1.165, 1.54) is 10.9 Å². The summed E-state index contributed by atoms with van der Waals surface area (Å²) in [4.78, 5) is 12.3. The van der Waals surface area contributed by atoms with Crippen molar-refractivity contribution < 1.29 is 9.47 Å². The Hall–Kier alpha value is -1.85. The Labute approximate surface area is 159 Å². The number of rotatable bonds is 7. The van der Waals surface area contributed by atoms with Gasteiger partial charge in [-0.2, -0.15) is 5.10 Å². The van der Waals surface area contributed by atoms with Gasteiger partial charge in [-0.25, -0.2) is 4.68 Å². The largest absolute Gasteiger partial charge is 0.485 e. The Kier molecular flexibility index (Phi) is 6.84. The molecule has 0 radical (unpaired) electrons. The van der Waals surface area contributed by atoms with Gasteiger partial charge in [-0.1, -0.05) is 42.8 Å². The molecule has 0 amide bonds. The molecule has 0 aliphatic carbocycles. The lowest BCUT2D eigenvalue weighted by molar-refractivity contribution is 0.0662. The second-order valence-electron chi connectivity index (χ2n) is 7.25. The van der Waals surface area contributed by atoms with Crippen LogP contribution in [0.25, 0.3) is 0 Å². The summed E-state index contributed by atoms with van der Waals surface area (Å²) in [6.07, 6.45) is 2.55. The molecule has 0 aliphatic heterocycles. The van der Waals surface area contributed by atoms with Gasteiger partial charge in [-0.3, -0.25) is 4.79 Å². The summed E-state index contributed by atoms with van der Waals surface area (Å²) in [5.41, 5.74) is 1.31. The van der Waals surface area contributed by atoms with Crippen molar-refractivity contribution >= 4 is 11.6 Å². The summed E-state index contributed by atoms with van der Waals surface area (Å²) < 4.78 is 12.8. The van der Waals surface area contributed by atoms with Gasteiger partial charge in [0.15, 0.2) is 10.8 Å². The molecule has 6 heteroatoms. The van der Waals surface area contributed by atoms with Crippen molar-refractivity contribution in [2.24, 2.45) is 0 Å². The Bertz CT molecular complexity index is 779. The Morgan fingerprint density at radius 1 is 1.23 bits per heavy atom. The molecule has 1 aromatic heterocycles. The highest BCUT2D eigenvalue weighted by Gasteiger charge is 2.20. The van der Waals surface area contributed by atoms with Crippen LogP contribution in [0.4, 0.5) is 0 Å². The Morgan fingerprint density at radius 3 is 2.46 bits per heavy atom. The summed E-state index contributed by atoms with van der Waals surface area (Å²) in [6, 6.07) is 8.02. The minimum absolute atomic E-state index is 0.0492. The zero-order valence-electron chi connectivity index (χ0n) is 16.1. The number of hydrogen-bond acceptors (Lipinski definition) is 4. The van der Waals surface area contributed by atoms with Crippen molar-refractivity contribution in [1.29, 1.82) is 0 Å². The number of ether oxygens (including phenoxy) is 2. The van der Waals surface area contributed by atoms with Gasteiger partial charge >= 0.3 is 0 Å². The molecule has 26 heavy (non-hydrogen) atoms. The summed E-state index contributed by atoms with van der Waals surface area (Å²) >= 11 is 6.17. The smallest absolute Gasteiger partial charge is 0.289 e. The second-order valence-corrected chi connectivity index (χ2v) is 7.63. The standard InChI is InChI=1S/C20H27ClN2O3/c1-6-11-25-14(2)16-9-7-15(8-10-16)13-26-17-12-22-23(20(3,4)5)19(24)18(17)21/h7-10,12,14H,6,11,13H2,1-5H3. The second kappa shape index (κ2) is 8.69. The highest BCUT2D eigenvalue weighted by molar-refractivity contribution is 6.31. The molecule has 5 nitrogen and oxygen atoms in total. The fourth-order valence-corrected chi connectivity index (χ4v) is 2.62. The number of aromatic nitrogens is 2. The number of halogens is 1. The minimum Gasteiger partial charge on any atom is -0.485 e. The molecule has 142 valence electrons. The van der Waals surface area contributed by atoms with Crippen molar-refractivity contribution in [3.05, 3.63) is 57.0 Å². The van der Waals surface area contributed by atoms with Crippen molar-refractivity contribution in [2.45, 2.75) is 59.3 Å². The van der Waals surface area contributed by atoms with Gasteiger partial charge in [0.2, 0.25) is 0 Å². The third kappa shape index (κ3) is 5.08. The normalized spacial score (nSPS) is 12.8. The van der Waals surface area contributed by atoms with Gasteiger partial charge in [0.25, 0.3) is 5.56 Å². The molecular weight excluding hydrogens is 352 g/mol. The van der Waals surface area contributed by atoms with E-state index in [-0.39, 0.29) is 16.7 Å². The first-order chi connectivity index (χ1) is 12.2. The maximum Gasteiger partial charge on any atom is 0.289 e. The molecule has 2 aromatic rings. The summed E-state index contributed by atoms with van der Waals surface area (Å²) in [5, 5.41) is 4.22. The third-order valence-electron chi connectivity index (χ3n) is 3.94. The molecule has 1 heterocycles. The van der Waals surface area contributed by atoms with E-state index in [9.17, 15) is 4.79 Å². The maximum atomic E-state index is 12.3. The van der Waals surface area contributed by atoms with Crippen LogP contribution in [-0.2, 0) is 16.9 Å². The van der Waals surface area contributed by atoms with Crippen LogP contribution in [0.15, 0.2) is 35.3 Å². The van der Waals surface area contributed by atoms with E-state index in [0.29, 0.717) is 12.4 Å². The summed E-state index contributed by atoms with van der Waals surface area (Å²) in [5.74, 6) is 0.292. The topological polar surface area (TPSA) is 53.4 Å². The summed E-state index contributed by atoms with van der Waals surface area (Å²) in [6.45, 7) is 10.9. The van der Waals surface area contributed by atoms with Crippen LogP contribution in [0, 0.1) is 0 Å². The van der Waals surface area contributed by atoms with E-state index in [4.69, 9.17) is 21.1 Å². The highest BCUT2D eigenvalue weighted by Crippen LogP contribution is 2.22. The van der Waals surface area contributed by atoms with E-state index in [1.54, 1.807) is 0 Å². The average molecular weight is 379 g/mol. The molecule has 0 N–H and O–H groups in total. The lowest BCUT2D eigenvalue weighted by Crippen LogP contribution is -2.36. The number of hydrogen-bond donors (Lipinski definition) is 0. The van der Waals surface area contributed by atoms with Gasteiger partial charge in [0, 0.05) is 6.61 Å².